The summed E-state index contributed by atoms with van der Waals surface area (Å²) in [7, 11) is 0. The molecule has 2 aromatic heterocycles. The maximum absolute atomic E-state index is 13.0. The number of rotatable bonds is 3. The summed E-state index contributed by atoms with van der Waals surface area (Å²) in [5, 5.41) is 3.35. The minimum Gasteiger partial charge on any atom is -0.329 e. The van der Waals surface area contributed by atoms with Crippen LogP contribution in [0, 0.1) is 0 Å². The first-order chi connectivity index (χ1) is 13.2. The Bertz CT molecular complexity index is 1040. The van der Waals surface area contributed by atoms with Gasteiger partial charge in [-0.15, -0.1) is 0 Å². The molecule has 1 aliphatic rings. The van der Waals surface area contributed by atoms with E-state index in [1.54, 1.807) is 4.90 Å². The maximum Gasteiger partial charge on any atom is 0.471 e. The Kier molecular flexibility index (Phi) is 3.99. The summed E-state index contributed by atoms with van der Waals surface area (Å²) < 4.78 is 42.3. The van der Waals surface area contributed by atoms with Crippen molar-refractivity contribution in [3.05, 3.63) is 65.3 Å². The van der Waals surface area contributed by atoms with E-state index in [0.717, 1.165) is 5.56 Å². The van der Waals surface area contributed by atoms with Gasteiger partial charge in [0.25, 0.3) is 5.91 Å². The van der Waals surface area contributed by atoms with Crippen molar-refractivity contribution in [2.75, 3.05) is 0 Å². The molecular weight excluding hydrogens is 373 g/mol. The van der Waals surface area contributed by atoms with E-state index in [4.69, 9.17) is 0 Å². The molecule has 0 aliphatic carbocycles. The van der Waals surface area contributed by atoms with E-state index in [9.17, 15) is 18.0 Å². The second-order valence-corrected chi connectivity index (χ2v) is 6.96. The summed E-state index contributed by atoms with van der Waals surface area (Å²) in [4.78, 5) is 22.3. The third-order valence-corrected chi connectivity index (χ3v) is 4.84. The molecule has 1 aliphatic heterocycles. The van der Waals surface area contributed by atoms with Crippen LogP contribution in [0.3, 0.4) is 0 Å². The van der Waals surface area contributed by atoms with Gasteiger partial charge >= 0.3 is 12.1 Å². The number of hydrogen-bond acceptors (Lipinski definition) is 5. The number of hydrogen-bond donors (Lipinski definition) is 0. The van der Waals surface area contributed by atoms with Crippen LogP contribution >= 0.6 is 0 Å². The van der Waals surface area contributed by atoms with E-state index in [-0.39, 0.29) is 17.3 Å². The molecule has 0 saturated carbocycles. The standard InChI is InChI=1S/C19H15F3N4O2/c1-18(2,12-6-4-3-5-7-12)26-10-14-13(16(26)27)8-11(9-23-14)15-24-17(28-25-15)19(20,21)22/h3-9H,10H2,1-2H3. The van der Waals surface area contributed by atoms with Crippen molar-refractivity contribution in [1.29, 1.82) is 0 Å². The van der Waals surface area contributed by atoms with Gasteiger partial charge in [0.2, 0.25) is 5.82 Å². The van der Waals surface area contributed by atoms with Gasteiger partial charge in [-0.1, -0.05) is 35.5 Å². The second-order valence-electron chi connectivity index (χ2n) is 6.96. The van der Waals surface area contributed by atoms with E-state index < -0.39 is 17.6 Å². The molecule has 0 unspecified atom stereocenters. The lowest BCUT2D eigenvalue weighted by Gasteiger charge is -2.35. The van der Waals surface area contributed by atoms with E-state index >= 15 is 0 Å². The van der Waals surface area contributed by atoms with Gasteiger partial charge in [-0.05, 0) is 25.5 Å². The normalized spacial score (nSPS) is 14.5. The summed E-state index contributed by atoms with van der Waals surface area (Å²) >= 11 is 0. The molecule has 3 aromatic rings. The molecule has 28 heavy (non-hydrogen) atoms. The monoisotopic (exact) mass is 388 g/mol. The first kappa shape index (κ1) is 18.1. The molecule has 6 nitrogen and oxygen atoms in total. The SMILES string of the molecule is CC(C)(c1ccccc1)N1Cc2ncc(-c3noc(C(F)(F)F)n3)cc2C1=O. The fraction of sp³-hybridized carbons (Fsp3) is 0.263. The molecule has 0 spiro atoms. The van der Waals surface area contributed by atoms with Gasteiger partial charge in [-0.25, -0.2) is 0 Å². The molecule has 3 heterocycles. The fourth-order valence-corrected chi connectivity index (χ4v) is 3.20. The number of benzene rings is 1. The number of amides is 1. The number of pyridine rings is 1. The predicted molar refractivity (Wildman–Crippen MR) is 91.9 cm³/mol. The summed E-state index contributed by atoms with van der Waals surface area (Å²) in [6.45, 7) is 4.17. The van der Waals surface area contributed by atoms with Crippen LogP contribution in [0.4, 0.5) is 13.2 Å². The van der Waals surface area contributed by atoms with Crippen molar-refractivity contribution in [3.63, 3.8) is 0 Å². The van der Waals surface area contributed by atoms with E-state index in [0.29, 0.717) is 17.8 Å². The Labute approximate surface area is 158 Å². The van der Waals surface area contributed by atoms with E-state index in [1.807, 2.05) is 44.2 Å². The lowest BCUT2D eigenvalue weighted by molar-refractivity contribution is -0.159. The first-order valence-electron chi connectivity index (χ1n) is 8.45. The van der Waals surface area contributed by atoms with Crippen LogP contribution in [0.1, 0.15) is 41.4 Å². The molecule has 0 atom stereocenters. The van der Waals surface area contributed by atoms with Crippen LogP contribution in [-0.4, -0.2) is 25.9 Å². The topological polar surface area (TPSA) is 72.1 Å². The zero-order valence-electron chi connectivity index (χ0n) is 15.0. The van der Waals surface area contributed by atoms with Crippen molar-refractivity contribution in [2.24, 2.45) is 0 Å². The Morgan fingerprint density at radius 2 is 1.86 bits per heavy atom. The molecule has 144 valence electrons. The number of carbonyl (C=O) groups is 1. The molecule has 9 heteroatoms. The minimum atomic E-state index is -4.73. The van der Waals surface area contributed by atoms with Gasteiger partial charge in [0.05, 0.1) is 23.3 Å². The molecule has 0 bridgehead atoms. The molecule has 0 radical (unpaired) electrons. The maximum atomic E-state index is 13.0. The molecular formula is C19H15F3N4O2. The van der Waals surface area contributed by atoms with Crippen molar-refractivity contribution in [1.82, 2.24) is 20.0 Å². The highest BCUT2D eigenvalue weighted by atomic mass is 19.4. The average molecular weight is 388 g/mol. The van der Waals surface area contributed by atoms with Gasteiger partial charge in [-0.3, -0.25) is 9.78 Å². The Morgan fingerprint density at radius 3 is 2.50 bits per heavy atom. The lowest BCUT2D eigenvalue weighted by Crippen LogP contribution is -2.41. The molecule has 1 aromatic carbocycles. The van der Waals surface area contributed by atoms with Crippen LogP contribution in [0.25, 0.3) is 11.4 Å². The van der Waals surface area contributed by atoms with Crippen molar-refractivity contribution in [3.8, 4) is 11.4 Å². The fourth-order valence-electron chi connectivity index (χ4n) is 3.20. The van der Waals surface area contributed by atoms with Crippen LogP contribution in [0.5, 0.6) is 0 Å². The quantitative estimate of drug-likeness (QED) is 0.677. The summed E-state index contributed by atoms with van der Waals surface area (Å²) in [6.07, 6.45) is -3.39. The molecule has 0 saturated heterocycles. The van der Waals surface area contributed by atoms with Crippen LogP contribution in [-0.2, 0) is 18.3 Å². The highest BCUT2D eigenvalue weighted by molar-refractivity contribution is 5.99. The number of fused-ring (bicyclic) bond motifs is 1. The Hall–Kier alpha value is -3.23. The van der Waals surface area contributed by atoms with Crippen LogP contribution in [0.2, 0.25) is 0 Å². The highest BCUT2D eigenvalue weighted by Gasteiger charge is 2.41. The second kappa shape index (κ2) is 6.15. The molecule has 0 fully saturated rings. The predicted octanol–water partition coefficient (Wildman–Crippen LogP) is 4.04. The van der Waals surface area contributed by atoms with E-state index in [1.165, 1.54) is 12.3 Å². The largest absolute Gasteiger partial charge is 0.471 e. The molecule has 0 N–H and O–H groups in total. The van der Waals surface area contributed by atoms with Gasteiger partial charge in [0, 0.05) is 11.8 Å². The van der Waals surface area contributed by atoms with Crippen LogP contribution in [0.15, 0.2) is 47.1 Å². The third kappa shape index (κ3) is 2.92. The Morgan fingerprint density at radius 1 is 1.14 bits per heavy atom. The number of alkyl halides is 3. The summed E-state index contributed by atoms with van der Waals surface area (Å²) in [5.41, 5.74) is 1.43. The van der Waals surface area contributed by atoms with Crippen molar-refractivity contribution >= 4 is 5.91 Å². The van der Waals surface area contributed by atoms with Gasteiger partial charge < -0.3 is 9.42 Å². The van der Waals surface area contributed by atoms with Crippen molar-refractivity contribution < 1.29 is 22.5 Å². The van der Waals surface area contributed by atoms with E-state index in [2.05, 4.69) is 19.6 Å². The smallest absolute Gasteiger partial charge is 0.329 e. The summed E-state index contributed by atoms with van der Waals surface area (Å²) in [6, 6.07) is 11.0. The zero-order valence-corrected chi connectivity index (χ0v) is 15.0. The van der Waals surface area contributed by atoms with Gasteiger partial charge in [0.15, 0.2) is 0 Å². The number of nitrogens with zero attached hydrogens (tertiary/aromatic N) is 4. The lowest BCUT2D eigenvalue weighted by atomic mass is 9.92. The molecule has 4 rings (SSSR count). The Balaban J connectivity index is 1.67. The first-order valence-corrected chi connectivity index (χ1v) is 8.45. The van der Waals surface area contributed by atoms with Gasteiger partial charge in [-0.2, -0.15) is 18.2 Å². The molecule has 1 amide bonds. The zero-order chi connectivity index (χ0) is 20.1. The van der Waals surface area contributed by atoms with Crippen LogP contribution < -0.4 is 0 Å². The summed E-state index contributed by atoms with van der Waals surface area (Å²) in [5.74, 6) is -1.96. The number of carbonyl (C=O) groups excluding carboxylic acids is 1. The highest BCUT2D eigenvalue weighted by Crippen LogP contribution is 2.36. The number of aromatic nitrogens is 3. The van der Waals surface area contributed by atoms with Gasteiger partial charge in [0.1, 0.15) is 0 Å². The number of halogens is 3. The van der Waals surface area contributed by atoms with Crippen molar-refractivity contribution in [2.45, 2.75) is 32.1 Å². The minimum absolute atomic E-state index is 0.186. The average Bonchev–Trinajstić information content (AvgIpc) is 3.28. The third-order valence-electron chi connectivity index (χ3n) is 4.84.